The van der Waals surface area contributed by atoms with Crippen LogP contribution in [0.1, 0.15) is 47.0 Å². The highest BCUT2D eigenvalue weighted by atomic mass is 32.2. The molecule has 0 radical (unpaired) electrons. The third-order valence-electron chi connectivity index (χ3n) is 3.37. The highest BCUT2D eigenvalue weighted by molar-refractivity contribution is 7.90. The summed E-state index contributed by atoms with van der Waals surface area (Å²) in [6.45, 7) is 9.86. The largest absolute Gasteiger partial charge is 0.314 e. The van der Waals surface area contributed by atoms with Gasteiger partial charge in [0.1, 0.15) is 9.84 Å². The van der Waals surface area contributed by atoms with Gasteiger partial charge in [0, 0.05) is 18.1 Å². The van der Waals surface area contributed by atoms with Crippen molar-refractivity contribution >= 4 is 9.84 Å². The molecule has 0 aliphatic carbocycles. The zero-order valence-electron chi connectivity index (χ0n) is 12.0. The Balaban J connectivity index is 4.19. The van der Waals surface area contributed by atoms with Crippen molar-refractivity contribution in [1.29, 1.82) is 0 Å². The van der Waals surface area contributed by atoms with Gasteiger partial charge >= 0.3 is 0 Å². The summed E-state index contributed by atoms with van der Waals surface area (Å²) in [6, 6.07) is 0.441. The van der Waals surface area contributed by atoms with Gasteiger partial charge in [0.25, 0.3) is 0 Å². The summed E-state index contributed by atoms with van der Waals surface area (Å²) in [7, 11) is -2.81. The molecule has 0 rings (SSSR count). The van der Waals surface area contributed by atoms with Gasteiger partial charge < -0.3 is 5.32 Å². The van der Waals surface area contributed by atoms with Gasteiger partial charge in [-0.05, 0) is 37.6 Å². The average Bonchev–Trinajstić information content (AvgIpc) is 2.20. The average molecular weight is 263 g/mol. The van der Waals surface area contributed by atoms with E-state index in [0.717, 1.165) is 25.8 Å². The molecule has 0 aliphatic heterocycles. The zero-order valence-corrected chi connectivity index (χ0v) is 12.8. The first kappa shape index (κ1) is 16.9. The standard InChI is InChI=1S/C13H29NO2S/c1-6-9-14-13(12(4)11(2)3)8-7-10-17(5,15)16/h11-14H,6-10H2,1-5H3. The van der Waals surface area contributed by atoms with Crippen LogP contribution in [-0.4, -0.2) is 33.0 Å². The summed E-state index contributed by atoms with van der Waals surface area (Å²) in [6.07, 6.45) is 4.14. The van der Waals surface area contributed by atoms with Gasteiger partial charge in [0.15, 0.2) is 0 Å². The van der Waals surface area contributed by atoms with Gasteiger partial charge in [0.2, 0.25) is 0 Å². The number of rotatable bonds is 9. The fourth-order valence-electron chi connectivity index (χ4n) is 1.91. The van der Waals surface area contributed by atoms with Crippen molar-refractivity contribution in [3.63, 3.8) is 0 Å². The molecule has 0 bridgehead atoms. The van der Waals surface area contributed by atoms with Crippen LogP contribution in [0, 0.1) is 11.8 Å². The van der Waals surface area contributed by atoms with E-state index in [0.29, 0.717) is 23.6 Å². The zero-order chi connectivity index (χ0) is 13.5. The maximum atomic E-state index is 11.1. The molecular weight excluding hydrogens is 234 g/mol. The first-order valence-electron chi connectivity index (χ1n) is 6.69. The second kappa shape index (κ2) is 8.09. The summed E-state index contributed by atoms with van der Waals surface area (Å²) in [4.78, 5) is 0. The van der Waals surface area contributed by atoms with E-state index in [2.05, 4.69) is 33.0 Å². The molecule has 0 spiro atoms. The number of hydrogen-bond donors (Lipinski definition) is 1. The minimum Gasteiger partial charge on any atom is -0.314 e. The highest BCUT2D eigenvalue weighted by Gasteiger charge is 2.19. The van der Waals surface area contributed by atoms with E-state index in [-0.39, 0.29) is 0 Å². The van der Waals surface area contributed by atoms with E-state index in [1.165, 1.54) is 6.26 Å². The molecule has 0 amide bonds. The molecule has 104 valence electrons. The van der Waals surface area contributed by atoms with Crippen LogP contribution in [0.25, 0.3) is 0 Å². The van der Waals surface area contributed by atoms with Crippen LogP contribution >= 0.6 is 0 Å². The lowest BCUT2D eigenvalue weighted by Crippen LogP contribution is -2.38. The minimum atomic E-state index is -2.81. The second-order valence-corrected chi connectivity index (χ2v) is 7.70. The van der Waals surface area contributed by atoms with Crippen molar-refractivity contribution in [1.82, 2.24) is 5.32 Å². The van der Waals surface area contributed by atoms with Crippen LogP contribution in [0.2, 0.25) is 0 Å². The minimum absolute atomic E-state index is 0.308. The Hall–Kier alpha value is -0.0900. The molecule has 0 heterocycles. The van der Waals surface area contributed by atoms with Crippen LogP contribution in [0.5, 0.6) is 0 Å². The first-order chi connectivity index (χ1) is 7.78. The van der Waals surface area contributed by atoms with Crippen molar-refractivity contribution in [2.75, 3.05) is 18.6 Å². The molecule has 0 aromatic rings. The summed E-state index contributed by atoms with van der Waals surface area (Å²) in [5.74, 6) is 1.52. The Kier molecular flexibility index (Phi) is 8.05. The Morgan fingerprint density at radius 2 is 1.76 bits per heavy atom. The SMILES string of the molecule is CCCNC(CCCS(C)(=O)=O)C(C)C(C)C. The van der Waals surface area contributed by atoms with Gasteiger partial charge in [-0.15, -0.1) is 0 Å². The third kappa shape index (κ3) is 8.61. The number of sulfone groups is 1. The monoisotopic (exact) mass is 263 g/mol. The lowest BCUT2D eigenvalue weighted by molar-refractivity contribution is 0.284. The lowest BCUT2D eigenvalue weighted by atomic mass is 9.88. The van der Waals surface area contributed by atoms with Crippen molar-refractivity contribution in [2.45, 2.75) is 53.0 Å². The number of hydrogen-bond acceptors (Lipinski definition) is 3. The molecule has 0 fully saturated rings. The van der Waals surface area contributed by atoms with E-state index >= 15 is 0 Å². The Bertz CT molecular complexity index is 286. The molecule has 2 unspecified atom stereocenters. The Morgan fingerprint density at radius 1 is 1.18 bits per heavy atom. The Labute approximate surface area is 107 Å². The molecule has 1 N–H and O–H groups in total. The smallest absolute Gasteiger partial charge is 0.147 e. The maximum absolute atomic E-state index is 11.1. The first-order valence-corrected chi connectivity index (χ1v) is 8.75. The summed E-state index contributed by atoms with van der Waals surface area (Å²) < 4.78 is 22.2. The fourth-order valence-corrected chi connectivity index (χ4v) is 2.60. The normalized spacial score (nSPS) is 16.1. The van der Waals surface area contributed by atoms with Gasteiger partial charge in [-0.2, -0.15) is 0 Å². The molecule has 0 saturated heterocycles. The van der Waals surface area contributed by atoms with Crippen molar-refractivity contribution < 1.29 is 8.42 Å². The van der Waals surface area contributed by atoms with Crippen molar-refractivity contribution in [2.24, 2.45) is 11.8 Å². The molecule has 3 nitrogen and oxygen atoms in total. The molecule has 2 atom stereocenters. The predicted molar refractivity (Wildman–Crippen MR) is 75.0 cm³/mol. The van der Waals surface area contributed by atoms with Crippen LogP contribution < -0.4 is 5.32 Å². The van der Waals surface area contributed by atoms with E-state index in [9.17, 15) is 8.42 Å². The molecule has 0 aromatic heterocycles. The maximum Gasteiger partial charge on any atom is 0.147 e. The Morgan fingerprint density at radius 3 is 2.18 bits per heavy atom. The van der Waals surface area contributed by atoms with Crippen molar-refractivity contribution in [3.05, 3.63) is 0 Å². The molecule has 17 heavy (non-hydrogen) atoms. The van der Waals surface area contributed by atoms with Crippen LogP contribution in [-0.2, 0) is 9.84 Å². The van der Waals surface area contributed by atoms with Gasteiger partial charge in [-0.1, -0.05) is 27.7 Å². The predicted octanol–water partition coefficient (Wildman–Crippen LogP) is 2.47. The van der Waals surface area contributed by atoms with Crippen LogP contribution in [0.3, 0.4) is 0 Å². The van der Waals surface area contributed by atoms with Gasteiger partial charge in [-0.25, -0.2) is 8.42 Å². The third-order valence-corrected chi connectivity index (χ3v) is 4.40. The van der Waals surface area contributed by atoms with E-state index in [1.807, 2.05) is 0 Å². The van der Waals surface area contributed by atoms with E-state index < -0.39 is 9.84 Å². The van der Waals surface area contributed by atoms with Crippen LogP contribution in [0.4, 0.5) is 0 Å². The topological polar surface area (TPSA) is 46.2 Å². The molecular formula is C13H29NO2S. The van der Waals surface area contributed by atoms with Gasteiger partial charge in [0.05, 0.1) is 0 Å². The van der Waals surface area contributed by atoms with Gasteiger partial charge in [-0.3, -0.25) is 0 Å². The van der Waals surface area contributed by atoms with Crippen molar-refractivity contribution in [3.8, 4) is 0 Å². The summed E-state index contributed by atoms with van der Waals surface area (Å²) >= 11 is 0. The highest BCUT2D eigenvalue weighted by Crippen LogP contribution is 2.18. The summed E-state index contributed by atoms with van der Waals surface area (Å²) in [5, 5.41) is 3.54. The van der Waals surface area contributed by atoms with E-state index in [1.54, 1.807) is 0 Å². The quantitative estimate of drug-likeness (QED) is 0.695. The fraction of sp³-hybridized carbons (Fsp3) is 1.00. The molecule has 0 saturated carbocycles. The van der Waals surface area contributed by atoms with E-state index in [4.69, 9.17) is 0 Å². The molecule has 0 aliphatic rings. The lowest BCUT2D eigenvalue weighted by Gasteiger charge is -2.28. The molecule has 0 aromatic carbocycles. The molecule has 4 heteroatoms. The van der Waals surface area contributed by atoms with Crippen LogP contribution in [0.15, 0.2) is 0 Å². The number of nitrogens with one attached hydrogen (secondary N) is 1. The summed E-state index contributed by atoms with van der Waals surface area (Å²) in [5.41, 5.74) is 0. The second-order valence-electron chi connectivity index (χ2n) is 5.44.